The summed E-state index contributed by atoms with van der Waals surface area (Å²) in [5.41, 5.74) is 0. The largest absolute Gasteiger partial charge is 0.158 e. The van der Waals surface area contributed by atoms with Gasteiger partial charge >= 0.3 is 0 Å². The molecule has 2 unspecified atom stereocenters. The van der Waals surface area contributed by atoms with Gasteiger partial charge in [0.05, 0.1) is 0 Å². The first kappa shape index (κ1) is 15.4. The predicted molar refractivity (Wildman–Crippen MR) is 81.9 cm³/mol. The van der Waals surface area contributed by atoms with Crippen LogP contribution in [0.4, 0.5) is 0 Å². The third-order valence-electron chi connectivity index (χ3n) is 4.11. The quantitative estimate of drug-likeness (QED) is 0.453. The summed E-state index contributed by atoms with van der Waals surface area (Å²) >= 11 is 2.27. The van der Waals surface area contributed by atoms with Gasteiger partial charge in [0.15, 0.2) is 0 Å². The van der Waals surface area contributed by atoms with Crippen LogP contribution in [-0.4, -0.2) is 11.0 Å². The minimum absolute atomic E-state index is 0.985. The standard InChI is InChI=1S/C16H32S/c1-3-4-5-6-7-8-11-14-17-16-13-10-9-12-15(16)2/h15-16H,3-14H2,1-2H3. The molecule has 0 amide bonds. The van der Waals surface area contributed by atoms with Crippen molar-refractivity contribution in [2.24, 2.45) is 5.92 Å². The molecular formula is C16H32S. The van der Waals surface area contributed by atoms with Crippen LogP contribution in [0.1, 0.15) is 84.5 Å². The molecule has 1 aliphatic rings. The minimum Gasteiger partial charge on any atom is -0.158 e. The molecule has 2 atom stereocenters. The molecule has 0 aromatic rings. The van der Waals surface area contributed by atoms with Crippen molar-refractivity contribution in [2.45, 2.75) is 89.7 Å². The zero-order valence-corrected chi connectivity index (χ0v) is 12.9. The van der Waals surface area contributed by atoms with Gasteiger partial charge in [0.25, 0.3) is 0 Å². The smallest absolute Gasteiger partial charge is 0.00726 e. The van der Waals surface area contributed by atoms with Crippen molar-refractivity contribution in [1.29, 1.82) is 0 Å². The van der Waals surface area contributed by atoms with E-state index < -0.39 is 0 Å². The van der Waals surface area contributed by atoms with E-state index in [1.807, 2.05) is 0 Å². The molecule has 1 rings (SSSR count). The van der Waals surface area contributed by atoms with Crippen molar-refractivity contribution >= 4 is 11.8 Å². The summed E-state index contributed by atoms with van der Waals surface area (Å²) in [6.07, 6.45) is 16.1. The molecule has 0 radical (unpaired) electrons. The maximum Gasteiger partial charge on any atom is 0.00726 e. The van der Waals surface area contributed by atoms with Gasteiger partial charge < -0.3 is 0 Å². The van der Waals surface area contributed by atoms with Gasteiger partial charge in [-0.15, -0.1) is 0 Å². The third kappa shape index (κ3) is 7.39. The van der Waals surface area contributed by atoms with Crippen LogP contribution in [0.15, 0.2) is 0 Å². The van der Waals surface area contributed by atoms with E-state index in [0.29, 0.717) is 0 Å². The molecule has 102 valence electrons. The Labute approximate surface area is 113 Å². The molecule has 1 fully saturated rings. The maximum atomic E-state index is 2.46. The summed E-state index contributed by atoms with van der Waals surface area (Å²) in [5.74, 6) is 2.40. The van der Waals surface area contributed by atoms with Crippen molar-refractivity contribution in [1.82, 2.24) is 0 Å². The lowest BCUT2D eigenvalue weighted by atomic mass is 9.90. The second kappa shape index (κ2) is 10.3. The molecule has 1 heteroatoms. The van der Waals surface area contributed by atoms with Crippen LogP contribution in [0.5, 0.6) is 0 Å². The molecular weight excluding hydrogens is 224 g/mol. The highest BCUT2D eigenvalue weighted by Crippen LogP contribution is 2.33. The number of unbranched alkanes of at least 4 members (excludes halogenated alkanes) is 6. The highest BCUT2D eigenvalue weighted by Gasteiger charge is 2.20. The zero-order chi connectivity index (χ0) is 12.3. The highest BCUT2D eigenvalue weighted by atomic mass is 32.2. The zero-order valence-electron chi connectivity index (χ0n) is 12.0. The van der Waals surface area contributed by atoms with Gasteiger partial charge in [-0.1, -0.05) is 65.2 Å². The Kier molecular flexibility index (Phi) is 9.33. The van der Waals surface area contributed by atoms with Crippen LogP contribution < -0.4 is 0 Å². The van der Waals surface area contributed by atoms with Crippen LogP contribution >= 0.6 is 11.8 Å². The van der Waals surface area contributed by atoms with Crippen LogP contribution in [0.2, 0.25) is 0 Å². The van der Waals surface area contributed by atoms with E-state index in [4.69, 9.17) is 0 Å². The Morgan fingerprint density at radius 3 is 2.24 bits per heavy atom. The predicted octanol–water partition coefficient (Wildman–Crippen LogP) is 6.05. The van der Waals surface area contributed by atoms with E-state index in [9.17, 15) is 0 Å². The molecule has 1 saturated carbocycles. The average Bonchev–Trinajstić information content (AvgIpc) is 2.35. The summed E-state index contributed by atoms with van der Waals surface area (Å²) in [5, 5.41) is 0.990. The van der Waals surface area contributed by atoms with E-state index >= 15 is 0 Å². The molecule has 0 heterocycles. The van der Waals surface area contributed by atoms with E-state index in [2.05, 4.69) is 25.6 Å². The van der Waals surface area contributed by atoms with Gasteiger partial charge in [0, 0.05) is 5.25 Å². The van der Waals surface area contributed by atoms with Gasteiger partial charge in [-0.2, -0.15) is 11.8 Å². The van der Waals surface area contributed by atoms with Crippen molar-refractivity contribution < 1.29 is 0 Å². The fraction of sp³-hybridized carbons (Fsp3) is 1.00. The first-order valence-corrected chi connectivity index (χ1v) is 9.01. The Morgan fingerprint density at radius 1 is 0.882 bits per heavy atom. The number of hydrogen-bond acceptors (Lipinski definition) is 1. The molecule has 0 saturated heterocycles. The Bertz CT molecular complexity index is 167. The topological polar surface area (TPSA) is 0 Å². The van der Waals surface area contributed by atoms with Gasteiger partial charge in [-0.3, -0.25) is 0 Å². The third-order valence-corrected chi connectivity index (χ3v) is 5.77. The van der Waals surface area contributed by atoms with Gasteiger partial charge in [-0.05, 0) is 30.9 Å². The lowest BCUT2D eigenvalue weighted by molar-refractivity contribution is 0.397. The summed E-state index contributed by atoms with van der Waals surface area (Å²) in [7, 11) is 0. The van der Waals surface area contributed by atoms with Crippen molar-refractivity contribution in [3.8, 4) is 0 Å². The molecule has 17 heavy (non-hydrogen) atoms. The molecule has 0 N–H and O–H groups in total. The van der Waals surface area contributed by atoms with Crippen LogP contribution in [0.3, 0.4) is 0 Å². The fourth-order valence-corrected chi connectivity index (χ4v) is 4.30. The van der Waals surface area contributed by atoms with E-state index in [-0.39, 0.29) is 0 Å². The number of hydrogen-bond donors (Lipinski definition) is 0. The van der Waals surface area contributed by atoms with Gasteiger partial charge in [-0.25, -0.2) is 0 Å². The molecule has 1 aliphatic carbocycles. The highest BCUT2D eigenvalue weighted by molar-refractivity contribution is 7.99. The molecule has 0 bridgehead atoms. The molecule has 0 aromatic heterocycles. The van der Waals surface area contributed by atoms with Crippen LogP contribution in [0.25, 0.3) is 0 Å². The lowest BCUT2D eigenvalue weighted by Gasteiger charge is -2.28. The average molecular weight is 256 g/mol. The van der Waals surface area contributed by atoms with E-state index in [1.54, 1.807) is 0 Å². The molecule has 0 aromatic carbocycles. The first-order chi connectivity index (χ1) is 8.34. The summed E-state index contributed by atoms with van der Waals surface area (Å²) in [4.78, 5) is 0. The summed E-state index contributed by atoms with van der Waals surface area (Å²) in [6, 6.07) is 0. The van der Waals surface area contributed by atoms with Gasteiger partial charge in [0.1, 0.15) is 0 Å². The summed E-state index contributed by atoms with van der Waals surface area (Å²) in [6.45, 7) is 4.75. The second-order valence-corrected chi connectivity index (χ2v) is 7.14. The number of rotatable bonds is 9. The van der Waals surface area contributed by atoms with E-state index in [1.165, 1.54) is 76.4 Å². The van der Waals surface area contributed by atoms with Crippen molar-refractivity contribution in [2.75, 3.05) is 5.75 Å². The molecule has 0 spiro atoms. The summed E-state index contributed by atoms with van der Waals surface area (Å²) < 4.78 is 0. The lowest BCUT2D eigenvalue weighted by Crippen LogP contribution is -2.19. The normalized spacial score (nSPS) is 25.1. The fourth-order valence-electron chi connectivity index (χ4n) is 2.82. The SMILES string of the molecule is CCCCCCCCCSC1CCCCC1C. The van der Waals surface area contributed by atoms with Crippen LogP contribution in [0, 0.1) is 5.92 Å². The van der Waals surface area contributed by atoms with Gasteiger partial charge in [0.2, 0.25) is 0 Å². The second-order valence-electron chi connectivity index (χ2n) is 5.79. The Balaban J connectivity index is 1.86. The van der Waals surface area contributed by atoms with Crippen LogP contribution in [-0.2, 0) is 0 Å². The molecule has 0 nitrogen and oxygen atoms in total. The maximum absolute atomic E-state index is 2.46. The Hall–Kier alpha value is 0.350. The molecule has 0 aliphatic heterocycles. The van der Waals surface area contributed by atoms with Crippen molar-refractivity contribution in [3.63, 3.8) is 0 Å². The van der Waals surface area contributed by atoms with E-state index in [0.717, 1.165) is 11.2 Å². The number of thioether (sulfide) groups is 1. The minimum atomic E-state index is 0.985. The monoisotopic (exact) mass is 256 g/mol. The first-order valence-electron chi connectivity index (χ1n) is 7.96. The Morgan fingerprint density at radius 2 is 1.53 bits per heavy atom. The van der Waals surface area contributed by atoms with Crippen molar-refractivity contribution in [3.05, 3.63) is 0 Å².